The van der Waals surface area contributed by atoms with Gasteiger partial charge in [-0.3, -0.25) is 19.2 Å². The minimum Gasteiger partial charge on any atom is -0.475 e. The Labute approximate surface area is 324 Å². The van der Waals surface area contributed by atoms with Crippen molar-refractivity contribution in [1.82, 2.24) is 0 Å². The zero-order valence-corrected chi connectivity index (χ0v) is 34.5. The van der Waals surface area contributed by atoms with E-state index in [1.54, 1.807) is 83.1 Å². The summed E-state index contributed by atoms with van der Waals surface area (Å²) in [5.74, 6) is -1.43. The zero-order valence-electron chi connectivity index (χ0n) is 33.7. The van der Waals surface area contributed by atoms with E-state index in [0.717, 1.165) is 16.7 Å². The van der Waals surface area contributed by atoms with Crippen molar-refractivity contribution >= 4 is 41.5 Å². The first-order chi connectivity index (χ1) is 25.0. The van der Waals surface area contributed by atoms with E-state index in [1.165, 1.54) is 11.8 Å². The number of hydrogen-bond acceptors (Lipinski definition) is 12. The van der Waals surface area contributed by atoms with Crippen LogP contribution in [-0.2, 0) is 53.4 Å². The molecule has 2 aliphatic rings. The van der Waals surface area contributed by atoms with Crippen molar-refractivity contribution < 1.29 is 47.6 Å². The van der Waals surface area contributed by atoms with E-state index in [-0.39, 0.29) is 12.6 Å². The van der Waals surface area contributed by atoms with Crippen LogP contribution in [0.3, 0.4) is 0 Å². The summed E-state index contributed by atoms with van der Waals surface area (Å²) < 4.78 is 36.9. The van der Waals surface area contributed by atoms with E-state index in [0.29, 0.717) is 18.3 Å². The van der Waals surface area contributed by atoms with Crippen LogP contribution in [0.15, 0.2) is 59.6 Å². The van der Waals surface area contributed by atoms with Crippen LogP contribution in [0.5, 0.6) is 0 Å². The number of thioether (sulfide) groups is 1. The van der Waals surface area contributed by atoms with Gasteiger partial charge in [-0.2, -0.15) is 0 Å². The lowest BCUT2D eigenvalue weighted by atomic mass is 9.93. The number of benzene rings is 2. The number of esters is 4. The molecule has 4 rings (SSSR count). The standard InChI is InChI=1S/C42H57NO10S/c1-39(2,3)35(44)49-23-29-30(51-36(45)40(4,5)6)31(52-37(46)41(7,8)9)32(53-38(47)42(10,11)12)34(50-29)54-24-26-20-16-17-21-27(26)33-43-28(22-48-33)25-18-14-13-15-19-25/h13-21,28-32,34H,22-24H2,1-12H3/t28-,29-,30-,31+,32-,34+/m1/s1. The van der Waals surface area contributed by atoms with Gasteiger partial charge in [-0.05, 0) is 100 Å². The van der Waals surface area contributed by atoms with Crippen LogP contribution >= 0.6 is 11.8 Å². The smallest absolute Gasteiger partial charge is 0.311 e. The van der Waals surface area contributed by atoms with Gasteiger partial charge in [0, 0.05) is 11.3 Å². The van der Waals surface area contributed by atoms with Gasteiger partial charge in [0.25, 0.3) is 0 Å². The summed E-state index contributed by atoms with van der Waals surface area (Å²) >= 11 is 1.31. The van der Waals surface area contributed by atoms with Crippen LogP contribution in [0.25, 0.3) is 0 Å². The van der Waals surface area contributed by atoms with E-state index in [1.807, 2.05) is 54.6 Å². The summed E-state index contributed by atoms with van der Waals surface area (Å²) in [5.41, 5.74) is -1.94. The summed E-state index contributed by atoms with van der Waals surface area (Å²) in [4.78, 5) is 58.7. The number of aliphatic imine (C=N–C) groups is 1. The van der Waals surface area contributed by atoms with Crippen molar-refractivity contribution in [2.75, 3.05) is 13.2 Å². The maximum absolute atomic E-state index is 13.6. The van der Waals surface area contributed by atoms with Crippen molar-refractivity contribution in [3.63, 3.8) is 0 Å². The fourth-order valence-corrected chi connectivity index (χ4v) is 6.43. The number of carbonyl (C=O) groups excluding carboxylic acids is 4. The van der Waals surface area contributed by atoms with Gasteiger partial charge in [-0.1, -0.05) is 48.5 Å². The van der Waals surface area contributed by atoms with Gasteiger partial charge in [0.05, 0.1) is 21.7 Å². The summed E-state index contributed by atoms with van der Waals surface area (Å²) in [6.07, 6.45) is -4.93. The molecule has 54 heavy (non-hydrogen) atoms. The quantitative estimate of drug-likeness (QED) is 0.174. The first-order valence-electron chi connectivity index (χ1n) is 18.4. The lowest BCUT2D eigenvalue weighted by molar-refractivity contribution is -0.246. The minimum absolute atomic E-state index is 0.146. The predicted octanol–water partition coefficient (Wildman–Crippen LogP) is 7.63. The Hall–Kier alpha value is -3.90. The van der Waals surface area contributed by atoms with Crippen molar-refractivity contribution in [3.05, 3.63) is 71.3 Å². The Morgan fingerprint density at radius 3 is 1.72 bits per heavy atom. The number of ether oxygens (including phenoxy) is 6. The third kappa shape index (κ3) is 11.1. The first-order valence-corrected chi connectivity index (χ1v) is 19.4. The highest BCUT2D eigenvalue weighted by molar-refractivity contribution is 7.99. The molecule has 0 amide bonds. The molecule has 0 N–H and O–H groups in total. The molecule has 1 fully saturated rings. The van der Waals surface area contributed by atoms with Crippen LogP contribution < -0.4 is 0 Å². The lowest BCUT2D eigenvalue weighted by Crippen LogP contribution is -2.63. The maximum Gasteiger partial charge on any atom is 0.311 e. The second-order valence-electron chi connectivity index (χ2n) is 17.9. The maximum atomic E-state index is 13.6. The Balaban J connectivity index is 1.76. The van der Waals surface area contributed by atoms with Gasteiger partial charge in [-0.25, -0.2) is 4.99 Å². The van der Waals surface area contributed by atoms with E-state index < -0.39 is 75.4 Å². The van der Waals surface area contributed by atoms with Gasteiger partial charge < -0.3 is 28.4 Å². The molecule has 0 spiro atoms. The largest absolute Gasteiger partial charge is 0.475 e. The van der Waals surface area contributed by atoms with Crippen molar-refractivity contribution in [2.45, 2.75) is 125 Å². The van der Waals surface area contributed by atoms with Crippen LogP contribution in [0.2, 0.25) is 0 Å². The van der Waals surface area contributed by atoms with Gasteiger partial charge >= 0.3 is 23.9 Å². The highest BCUT2D eigenvalue weighted by Crippen LogP contribution is 2.39. The van der Waals surface area contributed by atoms with Crippen molar-refractivity contribution in [2.24, 2.45) is 26.7 Å². The van der Waals surface area contributed by atoms with E-state index in [9.17, 15) is 19.2 Å². The van der Waals surface area contributed by atoms with Gasteiger partial charge in [-0.15, -0.1) is 11.8 Å². The molecule has 11 nitrogen and oxygen atoms in total. The van der Waals surface area contributed by atoms with E-state index in [2.05, 4.69) is 0 Å². The number of carbonyl (C=O) groups is 4. The molecule has 0 radical (unpaired) electrons. The molecule has 0 aromatic heterocycles. The van der Waals surface area contributed by atoms with Crippen LogP contribution in [-0.4, -0.2) is 72.8 Å². The van der Waals surface area contributed by atoms with Crippen molar-refractivity contribution in [1.29, 1.82) is 0 Å². The molecule has 0 saturated carbocycles. The normalized spacial score (nSPS) is 23.4. The molecule has 0 aliphatic carbocycles. The predicted molar refractivity (Wildman–Crippen MR) is 206 cm³/mol. The fourth-order valence-electron chi connectivity index (χ4n) is 5.22. The topological polar surface area (TPSA) is 136 Å². The number of rotatable bonds is 10. The molecule has 2 aliphatic heterocycles. The average molecular weight is 768 g/mol. The van der Waals surface area contributed by atoms with Crippen LogP contribution in [0, 0.1) is 21.7 Å². The molecular formula is C42H57NO10S. The molecule has 0 bridgehead atoms. The summed E-state index contributed by atoms with van der Waals surface area (Å²) in [5, 5.41) is 0. The Morgan fingerprint density at radius 1 is 0.667 bits per heavy atom. The average Bonchev–Trinajstić information content (AvgIpc) is 3.57. The summed E-state index contributed by atoms with van der Waals surface area (Å²) in [6.45, 7) is 20.6. The summed E-state index contributed by atoms with van der Waals surface area (Å²) in [7, 11) is 0. The minimum atomic E-state index is -1.32. The van der Waals surface area contributed by atoms with E-state index in [4.69, 9.17) is 33.4 Å². The fraction of sp³-hybridized carbons (Fsp3) is 0.595. The SMILES string of the molecule is CC(C)(C)C(=O)OC[C@H]1O[C@@H](SCc2ccccc2C2=N[C@@H](c3ccccc3)CO2)[C@H](OC(=O)C(C)(C)C)[C@@H](OC(=O)C(C)(C)C)[C@@H]1OC(=O)C(C)(C)C. The second kappa shape index (κ2) is 16.9. The molecule has 12 heteroatoms. The monoisotopic (exact) mass is 767 g/mol. The Bertz CT molecular complexity index is 1680. The molecule has 2 aromatic carbocycles. The van der Waals surface area contributed by atoms with Crippen LogP contribution in [0.4, 0.5) is 0 Å². The highest BCUT2D eigenvalue weighted by atomic mass is 32.2. The molecular weight excluding hydrogens is 711 g/mol. The zero-order chi connectivity index (χ0) is 40.2. The molecule has 1 saturated heterocycles. The Morgan fingerprint density at radius 2 is 1.17 bits per heavy atom. The molecule has 2 heterocycles. The third-order valence-corrected chi connectivity index (χ3v) is 9.82. The molecule has 6 atom stereocenters. The first kappa shape index (κ1) is 42.8. The molecule has 0 unspecified atom stereocenters. The lowest BCUT2D eigenvalue weighted by Gasteiger charge is -2.46. The van der Waals surface area contributed by atoms with Crippen LogP contribution in [0.1, 0.15) is 106 Å². The number of nitrogens with zero attached hydrogens (tertiary/aromatic N) is 1. The van der Waals surface area contributed by atoms with E-state index >= 15 is 0 Å². The highest BCUT2D eigenvalue weighted by Gasteiger charge is 2.54. The van der Waals surface area contributed by atoms with Gasteiger partial charge in [0.15, 0.2) is 18.3 Å². The van der Waals surface area contributed by atoms with Gasteiger partial charge in [0.2, 0.25) is 5.90 Å². The Kier molecular flexibility index (Phi) is 13.4. The van der Waals surface area contributed by atoms with Gasteiger partial charge in [0.1, 0.15) is 30.8 Å². The number of hydrogen-bond donors (Lipinski definition) is 0. The second-order valence-corrected chi connectivity index (χ2v) is 19.0. The molecule has 296 valence electrons. The third-order valence-electron chi connectivity index (χ3n) is 8.63. The van der Waals surface area contributed by atoms with Crippen molar-refractivity contribution in [3.8, 4) is 0 Å². The summed E-state index contributed by atoms with van der Waals surface area (Å²) in [6, 6.07) is 17.5. The molecule has 2 aromatic rings.